The first-order valence-corrected chi connectivity index (χ1v) is 6.76. The SMILES string of the molecule is O=C(O)c1cc(N2CCCC(CCO)C2)ncc1[N+](=O)[O-]. The lowest BCUT2D eigenvalue weighted by atomic mass is 9.95. The van der Waals surface area contributed by atoms with Crippen LogP contribution in [-0.2, 0) is 0 Å². The minimum atomic E-state index is -1.34. The molecule has 0 bridgehead atoms. The molecular formula is C13H17N3O5. The first kappa shape index (κ1) is 15.2. The molecule has 1 aliphatic heterocycles. The highest BCUT2D eigenvalue weighted by Gasteiger charge is 2.25. The van der Waals surface area contributed by atoms with Gasteiger partial charge in [-0.2, -0.15) is 0 Å². The lowest BCUT2D eigenvalue weighted by molar-refractivity contribution is -0.385. The number of anilines is 1. The van der Waals surface area contributed by atoms with Gasteiger partial charge in [-0.1, -0.05) is 0 Å². The summed E-state index contributed by atoms with van der Waals surface area (Å²) in [6.07, 6.45) is 3.62. The molecule has 1 aromatic heterocycles. The molecule has 2 N–H and O–H groups in total. The van der Waals surface area contributed by atoms with Gasteiger partial charge in [0.1, 0.15) is 17.6 Å². The second-order valence-corrected chi connectivity index (χ2v) is 5.09. The molecule has 0 aromatic carbocycles. The highest BCUT2D eigenvalue weighted by atomic mass is 16.6. The van der Waals surface area contributed by atoms with Gasteiger partial charge >= 0.3 is 11.7 Å². The summed E-state index contributed by atoms with van der Waals surface area (Å²) in [5.74, 6) is -0.580. The van der Waals surface area contributed by atoms with Crippen LogP contribution in [0.25, 0.3) is 0 Å². The van der Waals surface area contributed by atoms with Gasteiger partial charge < -0.3 is 15.1 Å². The molecule has 2 heterocycles. The number of carboxylic acid groups (broad SMARTS) is 1. The zero-order chi connectivity index (χ0) is 15.4. The van der Waals surface area contributed by atoms with Gasteiger partial charge in [-0.3, -0.25) is 10.1 Å². The van der Waals surface area contributed by atoms with E-state index in [2.05, 4.69) is 4.98 Å². The van der Waals surface area contributed by atoms with Gasteiger partial charge in [-0.05, 0) is 25.2 Å². The third-order valence-corrected chi connectivity index (χ3v) is 3.68. The van der Waals surface area contributed by atoms with Crippen molar-refractivity contribution in [3.8, 4) is 0 Å². The fraction of sp³-hybridized carbons (Fsp3) is 0.538. The zero-order valence-electron chi connectivity index (χ0n) is 11.4. The molecule has 1 aromatic rings. The number of nitro groups is 1. The van der Waals surface area contributed by atoms with E-state index in [1.807, 2.05) is 4.90 Å². The number of pyridine rings is 1. The van der Waals surface area contributed by atoms with Gasteiger partial charge in [-0.25, -0.2) is 9.78 Å². The molecule has 1 unspecified atom stereocenters. The summed E-state index contributed by atoms with van der Waals surface area (Å²) in [5.41, 5.74) is -0.857. The number of aromatic nitrogens is 1. The summed E-state index contributed by atoms with van der Waals surface area (Å²) in [6.45, 7) is 1.52. The molecule has 1 fully saturated rings. The van der Waals surface area contributed by atoms with Gasteiger partial charge in [0.25, 0.3) is 0 Å². The molecule has 0 saturated carbocycles. The molecule has 1 atom stereocenters. The maximum Gasteiger partial charge on any atom is 0.342 e. The summed E-state index contributed by atoms with van der Waals surface area (Å²) in [5, 5.41) is 28.9. The molecule has 2 rings (SSSR count). The predicted octanol–water partition coefficient (Wildman–Crippen LogP) is 1.29. The smallest absolute Gasteiger partial charge is 0.342 e. The van der Waals surface area contributed by atoms with Crippen molar-refractivity contribution >= 4 is 17.5 Å². The van der Waals surface area contributed by atoms with Crippen molar-refractivity contribution in [2.75, 3.05) is 24.6 Å². The second-order valence-electron chi connectivity index (χ2n) is 5.09. The molecule has 1 saturated heterocycles. The quantitative estimate of drug-likeness (QED) is 0.620. The average Bonchev–Trinajstić information content (AvgIpc) is 2.47. The molecule has 21 heavy (non-hydrogen) atoms. The van der Waals surface area contributed by atoms with Crippen LogP contribution in [0.2, 0.25) is 0 Å². The Morgan fingerprint density at radius 3 is 2.95 bits per heavy atom. The standard InChI is InChI=1S/C13H17N3O5/c17-5-3-9-2-1-4-15(8-9)12-6-10(13(18)19)11(7-14-12)16(20)21/h6-7,9,17H,1-5,8H2,(H,18,19). The Hall–Kier alpha value is -2.22. The van der Waals surface area contributed by atoms with E-state index in [1.165, 1.54) is 6.07 Å². The van der Waals surface area contributed by atoms with Crippen LogP contribution in [-0.4, -0.2) is 45.8 Å². The van der Waals surface area contributed by atoms with Crippen molar-refractivity contribution in [3.05, 3.63) is 27.9 Å². The first-order valence-electron chi connectivity index (χ1n) is 6.76. The third-order valence-electron chi connectivity index (χ3n) is 3.68. The van der Waals surface area contributed by atoms with E-state index in [4.69, 9.17) is 10.2 Å². The van der Waals surface area contributed by atoms with Crippen molar-refractivity contribution in [3.63, 3.8) is 0 Å². The largest absolute Gasteiger partial charge is 0.477 e. The Bertz CT molecular complexity index is 547. The predicted molar refractivity (Wildman–Crippen MR) is 74.5 cm³/mol. The number of aliphatic hydroxyl groups excluding tert-OH is 1. The van der Waals surface area contributed by atoms with Crippen LogP contribution in [0.5, 0.6) is 0 Å². The Labute approximate surface area is 121 Å². The number of piperidine rings is 1. The van der Waals surface area contributed by atoms with E-state index in [-0.39, 0.29) is 12.2 Å². The maximum absolute atomic E-state index is 11.1. The normalized spacial score (nSPS) is 18.5. The number of aromatic carboxylic acids is 1. The molecular weight excluding hydrogens is 278 g/mol. The summed E-state index contributed by atoms with van der Waals surface area (Å²) in [4.78, 5) is 27.1. The Balaban J connectivity index is 2.25. The third kappa shape index (κ3) is 3.46. The number of hydrogen-bond donors (Lipinski definition) is 2. The number of carboxylic acids is 1. The second kappa shape index (κ2) is 6.49. The topological polar surface area (TPSA) is 117 Å². The summed E-state index contributed by atoms with van der Waals surface area (Å²) >= 11 is 0. The lowest BCUT2D eigenvalue weighted by Gasteiger charge is -2.33. The molecule has 1 aliphatic rings. The van der Waals surface area contributed by atoms with E-state index in [0.717, 1.165) is 25.6 Å². The van der Waals surface area contributed by atoms with E-state index in [9.17, 15) is 14.9 Å². The van der Waals surface area contributed by atoms with Gasteiger partial charge in [0, 0.05) is 25.8 Å². The molecule has 0 radical (unpaired) electrons. The van der Waals surface area contributed by atoms with Crippen LogP contribution in [0.1, 0.15) is 29.6 Å². The van der Waals surface area contributed by atoms with Crippen LogP contribution < -0.4 is 4.90 Å². The highest BCUT2D eigenvalue weighted by molar-refractivity contribution is 5.93. The van der Waals surface area contributed by atoms with Crippen molar-refractivity contribution in [1.29, 1.82) is 0 Å². The minimum Gasteiger partial charge on any atom is -0.477 e. The number of aliphatic hydroxyl groups is 1. The van der Waals surface area contributed by atoms with Crippen LogP contribution in [0, 0.1) is 16.0 Å². The molecule has 8 nitrogen and oxygen atoms in total. The summed E-state index contributed by atoms with van der Waals surface area (Å²) in [7, 11) is 0. The van der Waals surface area contributed by atoms with Crippen LogP contribution in [0.4, 0.5) is 11.5 Å². The maximum atomic E-state index is 11.1. The number of hydrogen-bond acceptors (Lipinski definition) is 6. The summed E-state index contributed by atoms with van der Waals surface area (Å²) < 4.78 is 0. The van der Waals surface area contributed by atoms with E-state index in [1.54, 1.807) is 0 Å². The van der Waals surface area contributed by atoms with Crippen LogP contribution in [0.3, 0.4) is 0 Å². The van der Waals surface area contributed by atoms with Crippen LogP contribution in [0.15, 0.2) is 12.3 Å². The van der Waals surface area contributed by atoms with E-state index < -0.39 is 16.6 Å². The minimum absolute atomic E-state index is 0.118. The highest BCUT2D eigenvalue weighted by Crippen LogP contribution is 2.27. The Morgan fingerprint density at radius 2 is 2.33 bits per heavy atom. The number of nitrogens with zero attached hydrogens (tertiary/aromatic N) is 3. The molecule has 0 aliphatic carbocycles. The monoisotopic (exact) mass is 295 g/mol. The average molecular weight is 295 g/mol. The first-order chi connectivity index (χ1) is 10.0. The molecule has 114 valence electrons. The number of carbonyl (C=O) groups is 1. The fourth-order valence-electron chi connectivity index (χ4n) is 2.62. The van der Waals surface area contributed by atoms with Crippen molar-refractivity contribution in [1.82, 2.24) is 4.98 Å². The van der Waals surface area contributed by atoms with Gasteiger partial charge in [-0.15, -0.1) is 0 Å². The summed E-state index contributed by atoms with van der Waals surface area (Å²) in [6, 6.07) is 1.25. The van der Waals surface area contributed by atoms with E-state index in [0.29, 0.717) is 24.7 Å². The lowest BCUT2D eigenvalue weighted by Crippen LogP contribution is -2.36. The Morgan fingerprint density at radius 1 is 1.57 bits per heavy atom. The van der Waals surface area contributed by atoms with E-state index >= 15 is 0 Å². The van der Waals surface area contributed by atoms with Crippen molar-refractivity contribution in [2.24, 2.45) is 5.92 Å². The zero-order valence-corrected chi connectivity index (χ0v) is 11.4. The van der Waals surface area contributed by atoms with Crippen molar-refractivity contribution < 1.29 is 19.9 Å². The molecule has 0 amide bonds. The van der Waals surface area contributed by atoms with Gasteiger partial charge in [0.05, 0.1) is 4.92 Å². The molecule has 8 heteroatoms. The van der Waals surface area contributed by atoms with Gasteiger partial charge in [0.2, 0.25) is 0 Å². The molecule has 0 spiro atoms. The van der Waals surface area contributed by atoms with Crippen molar-refractivity contribution in [2.45, 2.75) is 19.3 Å². The Kier molecular flexibility index (Phi) is 4.69. The van der Waals surface area contributed by atoms with Crippen LogP contribution >= 0.6 is 0 Å². The number of rotatable bonds is 5. The fourth-order valence-corrected chi connectivity index (χ4v) is 2.62. The van der Waals surface area contributed by atoms with Gasteiger partial charge in [0.15, 0.2) is 0 Å².